The van der Waals surface area contributed by atoms with Gasteiger partial charge in [-0.2, -0.15) is 0 Å². The van der Waals surface area contributed by atoms with E-state index in [2.05, 4.69) is 31.3 Å². The predicted octanol–water partition coefficient (Wildman–Crippen LogP) is 3.03. The molecule has 3 nitrogen and oxygen atoms in total. The van der Waals surface area contributed by atoms with Gasteiger partial charge in [-0.1, -0.05) is 19.1 Å². The van der Waals surface area contributed by atoms with E-state index in [0.29, 0.717) is 18.1 Å². The lowest BCUT2D eigenvalue weighted by molar-refractivity contribution is 0.0945. The van der Waals surface area contributed by atoms with Crippen LogP contribution < -0.4 is 10.1 Å². The van der Waals surface area contributed by atoms with Crippen molar-refractivity contribution in [3.8, 4) is 5.75 Å². The molecule has 0 bridgehead atoms. The van der Waals surface area contributed by atoms with Crippen molar-refractivity contribution in [1.29, 1.82) is 0 Å². The summed E-state index contributed by atoms with van der Waals surface area (Å²) in [6, 6.07) is 8.96. The second-order valence-corrected chi connectivity index (χ2v) is 5.58. The first-order chi connectivity index (χ1) is 9.74. The lowest BCUT2D eigenvalue weighted by Crippen LogP contribution is -2.39. The summed E-state index contributed by atoms with van der Waals surface area (Å²) in [4.78, 5) is 0. The van der Waals surface area contributed by atoms with E-state index in [4.69, 9.17) is 9.47 Å². The third-order valence-electron chi connectivity index (χ3n) is 4.32. The van der Waals surface area contributed by atoms with Crippen LogP contribution >= 0.6 is 0 Å². The molecule has 1 fully saturated rings. The van der Waals surface area contributed by atoms with Gasteiger partial charge in [0.05, 0.1) is 13.2 Å². The molecule has 1 aromatic carbocycles. The van der Waals surface area contributed by atoms with Gasteiger partial charge < -0.3 is 14.8 Å². The van der Waals surface area contributed by atoms with Crippen molar-refractivity contribution in [2.24, 2.45) is 5.92 Å². The van der Waals surface area contributed by atoms with E-state index in [1.54, 1.807) is 7.11 Å². The zero-order valence-electron chi connectivity index (χ0n) is 12.9. The van der Waals surface area contributed by atoms with Gasteiger partial charge in [0.2, 0.25) is 0 Å². The minimum Gasteiger partial charge on any atom is -0.497 e. The fourth-order valence-electron chi connectivity index (χ4n) is 3.12. The van der Waals surface area contributed by atoms with Crippen molar-refractivity contribution in [3.05, 3.63) is 29.8 Å². The summed E-state index contributed by atoms with van der Waals surface area (Å²) in [5.41, 5.74) is 1.38. The molecule has 0 radical (unpaired) electrons. The van der Waals surface area contributed by atoms with Crippen LogP contribution in [0.2, 0.25) is 0 Å². The maximum atomic E-state index is 5.72. The first kappa shape index (κ1) is 15.3. The van der Waals surface area contributed by atoms with Gasteiger partial charge >= 0.3 is 0 Å². The van der Waals surface area contributed by atoms with Gasteiger partial charge in [-0.25, -0.2) is 0 Å². The molecule has 0 aromatic heterocycles. The molecule has 1 aliphatic rings. The van der Waals surface area contributed by atoms with E-state index in [1.165, 1.54) is 18.4 Å². The first-order valence-corrected chi connectivity index (χ1v) is 7.72. The molecule has 1 heterocycles. The fourth-order valence-corrected chi connectivity index (χ4v) is 3.12. The van der Waals surface area contributed by atoms with Crippen LogP contribution in [0.15, 0.2) is 24.3 Å². The normalized spacial score (nSPS) is 23.8. The maximum Gasteiger partial charge on any atom is 0.118 e. The van der Waals surface area contributed by atoms with E-state index in [0.717, 1.165) is 25.3 Å². The molecule has 20 heavy (non-hydrogen) atoms. The Morgan fingerprint density at radius 2 is 2.10 bits per heavy atom. The number of methoxy groups -OCH3 is 1. The van der Waals surface area contributed by atoms with Crippen LogP contribution in [0, 0.1) is 5.92 Å². The van der Waals surface area contributed by atoms with Crippen LogP contribution in [0.3, 0.4) is 0 Å². The van der Waals surface area contributed by atoms with Crippen LogP contribution in [0.4, 0.5) is 0 Å². The highest BCUT2D eigenvalue weighted by atomic mass is 16.5. The molecule has 1 aliphatic heterocycles. The molecule has 1 saturated heterocycles. The van der Waals surface area contributed by atoms with Crippen molar-refractivity contribution in [3.63, 3.8) is 0 Å². The van der Waals surface area contributed by atoms with Gasteiger partial charge in [-0.3, -0.25) is 0 Å². The number of benzene rings is 1. The summed E-state index contributed by atoms with van der Waals surface area (Å²) in [6.45, 7) is 6.32. The molecular formula is C17H27NO2. The van der Waals surface area contributed by atoms with Gasteiger partial charge in [-0.15, -0.1) is 0 Å². The molecule has 2 rings (SSSR count). The Balaban J connectivity index is 1.90. The average Bonchev–Trinajstić information content (AvgIpc) is 2.90. The number of nitrogens with one attached hydrogen (secondary N) is 1. The molecule has 3 atom stereocenters. The van der Waals surface area contributed by atoms with Crippen molar-refractivity contribution >= 4 is 0 Å². The van der Waals surface area contributed by atoms with Crippen LogP contribution in [0.25, 0.3) is 0 Å². The Morgan fingerprint density at radius 1 is 1.35 bits per heavy atom. The predicted molar refractivity (Wildman–Crippen MR) is 82.3 cm³/mol. The average molecular weight is 277 g/mol. The number of rotatable bonds is 7. The Bertz CT molecular complexity index is 390. The molecule has 1 N–H and O–H groups in total. The van der Waals surface area contributed by atoms with Gasteiger partial charge in [0.15, 0.2) is 0 Å². The van der Waals surface area contributed by atoms with Gasteiger partial charge in [0.1, 0.15) is 5.75 Å². The van der Waals surface area contributed by atoms with Gasteiger partial charge in [-0.05, 0) is 50.4 Å². The smallest absolute Gasteiger partial charge is 0.118 e. The lowest BCUT2D eigenvalue weighted by atomic mass is 9.89. The quantitative estimate of drug-likeness (QED) is 0.831. The Kier molecular flexibility index (Phi) is 5.86. The number of hydrogen-bond acceptors (Lipinski definition) is 3. The zero-order valence-corrected chi connectivity index (χ0v) is 12.9. The van der Waals surface area contributed by atoms with Crippen LogP contribution in [-0.4, -0.2) is 32.4 Å². The lowest BCUT2D eigenvalue weighted by Gasteiger charge is -2.26. The van der Waals surface area contributed by atoms with Crippen LogP contribution in [0.1, 0.15) is 32.3 Å². The molecule has 0 amide bonds. The van der Waals surface area contributed by atoms with Crippen LogP contribution in [0.5, 0.6) is 5.75 Å². The molecule has 0 aliphatic carbocycles. The number of hydrogen-bond donors (Lipinski definition) is 1. The SMILES string of the molecule is CCNC(CCc1ccc(OC)cc1)C1CCOC1C. The van der Waals surface area contributed by atoms with Crippen molar-refractivity contribution < 1.29 is 9.47 Å². The van der Waals surface area contributed by atoms with Crippen molar-refractivity contribution in [2.45, 2.75) is 45.3 Å². The third kappa shape index (κ3) is 3.97. The summed E-state index contributed by atoms with van der Waals surface area (Å²) in [5, 5.41) is 3.64. The summed E-state index contributed by atoms with van der Waals surface area (Å²) >= 11 is 0. The van der Waals surface area contributed by atoms with Gasteiger partial charge in [0, 0.05) is 18.6 Å². The summed E-state index contributed by atoms with van der Waals surface area (Å²) in [5.74, 6) is 1.57. The topological polar surface area (TPSA) is 30.5 Å². The Labute approximate surface area is 122 Å². The maximum absolute atomic E-state index is 5.72. The number of ether oxygens (including phenoxy) is 2. The van der Waals surface area contributed by atoms with E-state index in [1.807, 2.05) is 12.1 Å². The molecule has 0 saturated carbocycles. The second kappa shape index (κ2) is 7.65. The summed E-state index contributed by atoms with van der Waals surface area (Å²) < 4.78 is 10.9. The zero-order chi connectivity index (χ0) is 14.4. The highest BCUT2D eigenvalue weighted by Crippen LogP contribution is 2.26. The van der Waals surface area contributed by atoms with E-state index >= 15 is 0 Å². The highest BCUT2D eigenvalue weighted by molar-refractivity contribution is 5.27. The van der Waals surface area contributed by atoms with Crippen molar-refractivity contribution in [2.75, 3.05) is 20.3 Å². The Hall–Kier alpha value is -1.06. The molecular weight excluding hydrogens is 250 g/mol. The minimum absolute atomic E-state index is 0.384. The van der Waals surface area contributed by atoms with Gasteiger partial charge in [0.25, 0.3) is 0 Å². The monoisotopic (exact) mass is 277 g/mol. The molecule has 1 aromatic rings. The largest absolute Gasteiger partial charge is 0.497 e. The highest BCUT2D eigenvalue weighted by Gasteiger charge is 2.30. The molecule has 3 unspecified atom stereocenters. The fraction of sp³-hybridized carbons (Fsp3) is 0.647. The third-order valence-corrected chi connectivity index (χ3v) is 4.32. The Morgan fingerprint density at radius 3 is 2.65 bits per heavy atom. The van der Waals surface area contributed by atoms with Crippen LogP contribution in [-0.2, 0) is 11.2 Å². The minimum atomic E-state index is 0.384. The summed E-state index contributed by atoms with van der Waals surface area (Å²) in [6.07, 6.45) is 3.83. The van der Waals surface area contributed by atoms with Crippen molar-refractivity contribution in [1.82, 2.24) is 5.32 Å². The first-order valence-electron chi connectivity index (χ1n) is 7.72. The van der Waals surface area contributed by atoms with E-state index < -0.39 is 0 Å². The number of aryl methyl sites for hydroxylation is 1. The van der Waals surface area contributed by atoms with E-state index in [9.17, 15) is 0 Å². The van der Waals surface area contributed by atoms with E-state index in [-0.39, 0.29) is 0 Å². The molecule has 112 valence electrons. The molecule has 3 heteroatoms. The summed E-state index contributed by atoms with van der Waals surface area (Å²) in [7, 11) is 1.71. The molecule has 0 spiro atoms. The standard InChI is InChI=1S/C17H27NO2/c1-4-18-17(16-11-12-20-13(16)2)10-7-14-5-8-15(19-3)9-6-14/h5-6,8-9,13,16-18H,4,7,10-12H2,1-3H3. The second-order valence-electron chi connectivity index (χ2n) is 5.58.